The molecule has 2 aromatic heterocycles. The molecule has 0 radical (unpaired) electrons. The Hall–Kier alpha value is -3.53. The summed E-state index contributed by atoms with van der Waals surface area (Å²) >= 11 is 3.44. The molecule has 0 saturated heterocycles. The number of nitrogens with one attached hydrogen (secondary N) is 2. The number of amides is 1. The van der Waals surface area contributed by atoms with E-state index in [0.717, 1.165) is 10.2 Å². The molecule has 1 amide bonds. The second kappa shape index (κ2) is 6.65. The molecule has 0 spiro atoms. The topological polar surface area (TPSA) is 119 Å². The first-order valence-corrected chi connectivity index (χ1v) is 8.55. The highest BCUT2D eigenvalue weighted by Gasteiger charge is 2.16. The first-order valence-electron chi connectivity index (χ1n) is 7.76. The molecular weight excluding hydrogens is 416 g/mol. The third-order valence-electron chi connectivity index (χ3n) is 3.93. The Labute approximate surface area is 160 Å². The molecule has 9 nitrogen and oxygen atoms in total. The fraction of sp³-hybridized carbons (Fsp3) is 0. The average Bonchev–Trinajstić information content (AvgIpc) is 3.29. The SMILES string of the molecule is O=C(Nc1n[nH]c2ccc([N+](=O)[O-])cc12)c1cnn(-c2ccccc2Br)c1. The third kappa shape index (κ3) is 3.17. The van der Waals surface area contributed by atoms with E-state index in [2.05, 4.69) is 36.5 Å². The van der Waals surface area contributed by atoms with Gasteiger partial charge in [-0.15, -0.1) is 0 Å². The van der Waals surface area contributed by atoms with E-state index in [9.17, 15) is 14.9 Å². The second-order valence-electron chi connectivity index (χ2n) is 5.64. The van der Waals surface area contributed by atoms with E-state index in [1.54, 1.807) is 16.9 Å². The molecule has 0 saturated carbocycles. The van der Waals surface area contributed by atoms with E-state index in [-0.39, 0.29) is 11.5 Å². The van der Waals surface area contributed by atoms with Crippen molar-refractivity contribution in [2.45, 2.75) is 0 Å². The molecule has 2 N–H and O–H groups in total. The Morgan fingerprint density at radius 1 is 1.26 bits per heavy atom. The number of para-hydroxylation sites is 1. The fourth-order valence-corrected chi connectivity index (χ4v) is 3.07. The van der Waals surface area contributed by atoms with Gasteiger partial charge in [-0.1, -0.05) is 12.1 Å². The lowest BCUT2D eigenvalue weighted by Gasteiger charge is -2.03. The van der Waals surface area contributed by atoms with Gasteiger partial charge in [-0.25, -0.2) is 4.68 Å². The van der Waals surface area contributed by atoms with Crippen molar-refractivity contribution in [2.24, 2.45) is 0 Å². The Morgan fingerprint density at radius 3 is 2.85 bits per heavy atom. The van der Waals surface area contributed by atoms with Crippen molar-refractivity contribution < 1.29 is 9.72 Å². The quantitative estimate of drug-likeness (QED) is 0.381. The van der Waals surface area contributed by atoms with Gasteiger partial charge in [0.2, 0.25) is 0 Å². The normalized spacial score (nSPS) is 10.9. The molecule has 0 bridgehead atoms. The molecule has 0 aliphatic rings. The van der Waals surface area contributed by atoms with E-state index in [0.29, 0.717) is 16.5 Å². The van der Waals surface area contributed by atoms with Crippen LogP contribution in [0.25, 0.3) is 16.6 Å². The maximum absolute atomic E-state index is 12.5. The first kappa shape index (κ1) is 16.9. The van der Waals surface area contributed by atoms with E-state index in [1.165, 1.54) is 18.3 Å². The maximum atomic E-state index is 12.5. The summed E-state index contributed by atoms with van der Waals surface area (Å²) < 4.78 is 2.41. The van der Waals surface area contributed by atoms with Crippen molar-refractivity contribution in [3.05, 3.63) is 75.0 Å². The molecule has 2 aromatic carbocycles. The molecule has 2 heterocycles. The molecule has 0 unspecified atom stereocenters. The van der Waals surface area contributed by atoms with Gasteiger partial charge in [0.15, 0.2) is 5.82 Å². The number of anilines is 1. The lowest BCUT2D eigenvalue weighted by molar-refractivity contribution is -0.384. The lowest BCUT2D eigenvalue weighted by atomic mass is 10.2. The van der Waals surface area contributed by atoms with Gasteiger partial charge in [-0.2, -0.15) is 10.2 Å². The first-order chi connectivity index (χ1) is 13.0. The van der Waals surface area contributed by atoms with Crippen LogP contribution < -0.4 is 5.32 Å². The van der Waals surface area contributed by atoms with Crippen LogP contribution in [-0.2, 0) is 0 Å². The van der Waals surface area contributed by atoms with Crippen molar-refractivity contribution >= 4 is 44.2 Å². The number of halogens is 1. The van der Waals surface area contributed by atoms with Crippen molar-refractivity contribution in [1.82, 2.24) is 20.0 Å². The molecule has 0 aliphatic carbocycles. The Balaban J connectivity index is 1.62. The number of aromatic nitrogens is 4. The molecule has 27 heavy (non-hydrogen) atoms. The number of carbonyl (C=O) groups excluding carboxylic acids is 1. The molecule has 0 fully saturated rings. The summed E-state index contributed by atoms with van der Waals surface area (Å²) in [6.45, 7) is 0. The number of H-pyrrole nitrogens is 1. The predicted molar refractivity (Wildman–Crippen MR) is 102 cm³/mol. The van der Waals surface area contributed by atoms with Crippen LogP contribution in [0.1, 0.15) is 10.4 Å². The zero-order valence-electron chi connectivity index (χ0n) is 13.6. The number of fused-ring (bicyclic) bond motifs is 1. The van der Waals surface area contributed by atoms with Gasteiger partial charge in [0.05, 0.1) is 33.3 Å². The molecule has 0 atom stereocenters. The monoisotopic (exact) mass is 426 g/mol. The van der Waals surface area contributed by atoms with Crippen molar-refractivity contribution in [1.29, 1.82) is 0 Å². The molecule has 4 aromatic rings. The molecule has 0 aliphatic heterocycles. The number of non-ortho nitro benzene ring substituents is 1. The van der Waals surface area contributed by atoms with Gasteiger partial charge in [0.25, 0.3) is 11.6 Å². The number of rotatable bonds is 4. The number of hydrogen-bond donors (Lipinski definition) is 2. The van der Waals surface area contributed by atoms with Gasteiger partial charge >= 0.3 is 0 Å². The van der Waals surface area contributed by atoms with Crippen LogP contribution in [0.3, 0.4) is 0 Å². The van der Waals surface area contributed by atoms with E-state index in [1.807, 2.05) is 24.3 Å². The average molecular weight is 427 g/mol. The van der Waals surface area contributed by atoms with Crippen molar-refractivity contribution in [3.8, 4) is 5.69 Å². The van der Waals surface area contributed by atoms with Gasteiger partial charge in [0.1, 0.15) is 0 Å². The Bertz CT molecular complexity index is 1180. The van der Waals surface area contributed by atoms with Gasteiger partial charge in [-0.3, -0.25) is 20.0 Å². The number of aromatic amines is 1. The summed E-state index contributed by atoms with van der Waals surface area (Å²) in [6, 6.07) is 11.8. The highest BCUT2D eigenvalue weighted by molar-refractivity contribution is 9.10. The van der Waals surface area contributed by atoms with Crippen LogP contribution in [-0.4, -0.2) is 30.8 Å². The largest absolute Gasteiger partial charge is 0.304 e. The number of nitrogens with zero attached hydrogens (tertiary/aromatic N) is 4. The molecule has 10 heteroatoms. The van der Waals surface area contributed by atoms with Gasteiger partial charge in [-0.05, 0) is 34.1 Å². The van der Waals surface area contributed by atoms with Crippen LogP contribution in [0.2, 0.25) is 0 Å². The van der Waals surface area contributed by atoms with Gasteiger partial charge in [0, 0.05) is 22.8 Å². The minimum Gasteiger partial charge on any atom is -0.304 e. The Kier molecular flexibility index (Phi) is 4.16. The van der Waals surface area contributed by atoms with Crippen LogP contribution >= 0.6 is 15.9 Å². The fourth-order valence-electron chi connectivity index (χ4n) is 2.60. The van der Waals surface area contributed by atoms with Crippen LogP contribution in [0, 0.1) is 10.1 Å². The van der Waals surface area contributed by atoms with Crippen LogP contribution in [0.5, 0.6) is 0 Å². The van der Waals surface area contributed by atoms with Crippen LogP contribution in [0.15, 0.2) is 59.3 Å². The second-order valence-corrected chi connectivity index (χ2v) is 6.49. The maximum Gasteiger partial charge on any atom is 0.270 e. The third-order valence-corrected chi connectivity index (χ3v) is 4.60. The van der Waals surface area contributed by atoms with Crippen molar-refractivity contribution in [3.63, 3.8) is 0 Å². The zero-order chi connectivity index (χ0) is 19.0. The number of hydrogen-bond acceptors (Lipinski definition) is 5. The molecule has 134 valence electrons. The van der Waals surface area contributed by atoms with Crippen molar-refractivity contribution in [2.75, 3.05) is 5.32 Å². The lowest BCUT2D eigenvalue weighted by Crippen LogP contribution is -2.11. The summed E-state index contributed by atoms with van der Waals surface area (Å²) in [7, 11) is 0. The minimum atomic E-state index is -0.500. The number of benzene rings is 2. The van der Waals surface area contributed by atoms with E-state index >= 15 is 0 Å². The number of carbonyl (C=O) groups is 1. The molecule has 4 rings (SSSR count). The van der Waals surface area contributed by atoms with Gasteiger partial charge < -0.3 is 5.32 Å². The standard InChI is InChI=1S/C17H11BrN6O3/c18-13-3-1-2-4-15(13)23-9-10(8-19-23)17(25)20-16-12-7-11(24(26)27)5-6-14(12)21-22-16/h1-9H,(H2,20,21,22,25). The summed E-state index contributed by atoms with van der Waals surface area (Å²) in [5.41, 5.74) is 1.62. The van der Waals surface area contributed by atoms with Crippen LogP contribution in [0.4, 0.5) is 11.5 Å². The number of nitro benzene ring substituents is 1. The minimum absolute atomic E-state index is 0.0823. The summed E-state index contributed by atoms with van der Waals surface area (Å²) in [5.74, 6) is -0.208. The predicted octanol–water partition coefficient (Wildman–Crippen LogP) is 3.67. The van der Waals surface area contributed by atoms with E-state index in [4.69, 9.17) is 0 Å². The highest BCUT2D eigenvalue weighted by Crippen LogP contribution is 2.26. The highest BCUT2D eigenvalue weighted by atomic mass is 79.9. The van der Waals surface area contributed by atoms with E-state index < -0.39 is 10.8 Å². The summed E-state index contributed by atoms with van der Waals surface area (Å²) in [6.07, 6.45) is 3.03. The molecular formula is C17H11BrN6O3. The summed E-state index contributed by atoms with van der Waals surface area (Å²) in [4.78, 5) is 23.0. The zero-order valence-corrected chi connectivity index (χ0v) is 15.2. The number of nitro groups is 1. The smallest absolute Gasteiger partial charge is 0.270 e. The Morgan fingerprint density at radius 2 is 2.07 bits per heavy atom. The summed E-state index contributed by atoms with van der Waals surface area (Å²) in [5, 5.41) is 25.0.